The van der Waals surface area contributed by atoms with Crippen LogP contribution < -0.4 is 10.9 Å². The number of anilines is 1. The van der Waals surface area contributed by atoms with Crippen molar-refractivity contribution in [1.29, 1.82) is 0 Å². The number of rotatable bonds is 9. The Kier molecular flexibility index (Phi) is 8.24. The maximum Gasteiger partial charge on any atom is 0.267 e. The van der Waals surface area contributed by atoms with Crippen molar-refractivity contribution in [3.8, 4) is 11.3 Å². The summed E-state index contributed by atoms with van der Waals surface area (Å²) in [5.74, 6) is -0.369. The van der Waals surface area contributed by atoms with E-state index in [1.807, 2.05) is 31.2 Å². The average molecular weight is 497 g/mol. The van der Waals surface area contributed by atoms with E-state index in [1.54, 1.807) is 45.9 Å². The first-order valence-electron chi connectivity index (χ1n) is 11.7. The van der Waals surface area contributed by atoms with Gasteiger partial charge in [0, 0.05) is 30.4 Å². The molecule has 0 saturated heterocycles. The Morgan fingerprint density at radius 1 is 1.06 bits per heavy atom. The molecule has 3 aromatic rings. The second kappa shape index (κ2) is 11.0. The second-order valence-electron chi connectivity index (χ2n) is 8.25. The van der Waals surface area contributed by atoms with Gasteiger partial charge in [0.25, 0.3) is 5.56 Å². The van der Waals surface area contributed by atoms with E-state index < -0.39 is 21.6 Å². The fraction of sp³-hybridized carbons (Fsp3) is 0.346. The molecule has 3 rings (SSSR count). The molecule has 0 radical (unpaired) electrons. The summed E-state index contributed by atoms with van der Waals surface area (Å²) in [4.78, 5) is 25.7. The van der Waals surface area contributed by atoms with Gasteiger partial charge in [0.15, 0.2) is 0 Å². The van der Waals surface area contributed by atoms with Crippen LogP contribution in [0.3, 0.4) is 0 Å². The maximum atomic E-state index is 13.1. The number of carbonyl (C=O) groups excluding carboxylic acids is 1. The van der Waals surface area contributed by atoms with Crippen LogP contribution in [-0.2, 0) is 21.2 Å². The summed E-state index contributed by atoms with van der Waals surface area (Å²) in [5.41, 5.74) is 2.82. The average Bonchev–Trinajstić information content (AvgIpc) is 2.85. The lowest BCUT2D eigenvalue weighted by Gasteiger charge is -2.20. The van der Waals surface area contributed by atoms with Gasteiger partial charge in [-0.2, -0.15) is 9.40 Å². The molecule has 0 fully saturated rings. The van der Waals surface area contributed by atoms with Gasteiger partial charge in [0.05, 0.1) is 10.6 Å². The highest BCUT2D eigenvalue weighted by molar-refractivity contribution is 7.89. The van der Waals surface area contributed by atoms with Crippen LogP contribution in [0.25, 0.3) is 11.3 Å². The molecule has 186 valence electrons. The summed E-state index contributed by atoms with van der Waals surface area (Å²) in [6.07, 6.45) is 0.755. The van der Waals surface area contributed by atoms with E-state index in [-0.39, 0.29) is 10.8 Å². The summed E-state index contributed by atoms with van der Waals surface area (Å²) >= 11 is 0. The number of nitrogens with zero attached hydrogens (tertiary/aromatic N) is 3. The minimum absolute atomic E-state index is 0.195. The monoisotopic (exact) mass is 496 g/mol. The zero-order valence-electron chi connectivity index (χ0n) is 20.8. The van der Waals surface area contributed by atoms with Crippen LogP contribution in [0.15, 0.2) is 64.3 Å². The number of amides is 1. The summed E-state index contributed by atoms with van der Waals surface area (Å²) in [5, 5.41) is 7.31. The number of hydrogen-bond donors (Lipinski definition) is 1. The van der Waals surface area contributed by atoms with Crippen molar-refractivity contribution in [2.75, 3.05) is 18.4 Å². The second-order valence-corrected chi connectivity index (χ2v) is 10.2. The number of nitrogens with one attached hydrogen (secondary N) is 1. The van der Waals surface area contributed by atoms with Crippen molar-refractivity contribution in [3.05, 3.63) is 76.1 Å². The molecule has 0 aliphatic heterocycles. The SMILES string of the molecule is CCc1ccccc1NC(=O)[C@@H](C)n1nc(-c2ccc(C)c(S(=O)(=O)N(CC)CC)c2)ccc1=O. The standard InChI is InChI=1S/C26H32N4O4S/c1-6-20-11-9-10-12-22(20)27-26(32)19(5)30-25(31)16-15-23(28-30)21-14-13-18(4)24(17-21)35(33,34)29(7-2)8-3/h9-17,19H,6-8H2,1-5H3,(H,27,32)/t19-/m1/s1. The molecule has 1 N–H and O–H groups in total. The Morgan fingerprint density at radius 2 is 1.74 bits per heavy atom. The largest absolute Gasteiger partial charge is 0.324 e. The van der Waals surface area contributed by atoms with Crippen LogP contribution in [0.2, 0.25) is 0 Å². The molecular formula is C26H32N4O4S. The predicted octanol–water partition coefficient (Wildman–Crippen LogP) is 4.01. The predicted molar refractivity (Wildman–Crippen MR) is 138 cm³/mol. The van der Waals surface area contributed by atoms with E-state index in [0.29, 0.717) is 35.6 Å². The highest BCUT2D eigenvalue weighted by Gasteiger charge is 2.25. The molecule has 35 heavy (non-hydrogen) atoms. The summed E-state index contributed by atoms with van der Waals surface area (Å²) in [7, 11) is -3.68. The number of aryl methyl sites for hydroxylation is 2. The van der Waals surface area contributed by atoms with Gasteiger partial charge in [-0.1, -0.05) is 51.1 Å². The number of benzene rings is 2. The van der Waals surface area contributed by atoms with Crippen LogP contribution in [0.5, 0.6) is 0 Å². The minimum atomic E-state index is -3.68. The van der Waals surface area contributed by atoms with E-state index in [0.717, 1.165) is 16.7 Å². The molecule has 9 heteroatoms. The Bertz CT molecular complexity index is 1380. The summed E-state index contributed by atoms with van der Waals surface area (Å²) in [6, 6.07) is 14.6. The zero-order valence-corrected chi connectivity index (χ0v) is 21.6. The van der Waals surface area contributed by atoms with Gasteiger partial charge < -0.3 is 5.32 Å². The van der Waals surface area contributed by atoms with Crippen LogP contribution in [0.4, 0.5) is 5.69 Å². The van der Waals surface area contributed by atoms with E-state index >= 15 is 0 Å². The molecule has 1 atom stereocenters. The number of hydrogen-bond acceptors (Lipinski definition) is 5. The summed E-state index contributed by atoms with van der Waals surface area (Å²) < 4.78 is 28.8. The van der Waals surface area contributed by atoms with Gasteiger partial charge in [0.2, 0.25) is 15.9 Å². The summed E-state index contributed by atoms with van der Waals surface area (Å²) in [6.45, 7) is 9.66. The Hall–Kier alpha value is -3.30. The van der Waals surface area contributed by atoms with Crippen LogP contribution in [-0.4, -0.2) is 41.5 Å². The first-order valence-corrected chi connectivity index (χ1v) is 13.2. The molecule has 1 aromatic heterocycles. The normalized spacial score (nSPS) is 12.5. The fourth-order valence-electron chi connectivity index (χ4n) is 3.90. The molecule has 1 amide bonds. The fourth-order valence-corrected chi connectivity index (χ4v) is 5.60. The van der Waals surface area contributed by atoms with Gasteiger partial charge in [-0.25, -0.2) is 13.1 Å². The van der Waals surface area contributed by atoms with E-state index in [9.17, 15) is 18.0 Å². The van der Waals surface area contributed by atoms with Crippen molar-refractivity contribution >= 4 is 21.6 Å². The molecule has 0 spiro atoms. The molecule has 0 unspecified atom stereocenters. The van der Waals surface area contributed by atoms with Crippen molar-refractivity contribution in [1.82, 2.24) is 14.1 Å². The quantitative estimate of drug-likeness (QED) is 0.482. The third kappa shape index (κ3) is 5.52. The topological polar surface area (TPSA) is 101 Å². The van der Waals surface area contributed by atoms with E-state index in [1.165, 1.54) is 16.4 Å². The third-order valence-electron chi connectivity index (χ3n) is 6.03. The van der Waals surface area contributed by atoms with Crippen LogP contribution >= 0.6 is 0 Å². The van der Waals surface area contributed by atoms with Gasteiger partial charge >= 0.3 is 0 Å². The lowest BCUT2D eigenvalue weighted by Crippen LogP contribution is -2.33. The Labute approximate surface area is 206 Å². The van der Waals surface area contributed by atoms with Gasteiger partial charge in [-0.05, 0) is 49.6 Å². The lowest BCUT2D eigenvalue weighted by atomic mass is 10.1. The third-order valence-corrected chi connectivity index (χ3v) is 8.23. The molecule has 8 nitrogen and oxygen atoms in total. The molecule has 1 heterocycles. The van der Waals surface area contributed by atoms with Crippen LogP contribution in [0, 0.1) is 6.92 Å². The number of para-hydroxylation sites is 1. The molecule has 0 saturated carbocycles. The molecular weight excluding hydrogens is 464 g/mol. The Morgan fingerprint density at radius 3 is 2.40 bits per heavy atom. The molecule has 0 aliphatic carbocycles. The minimum Gasteiger partial charge on any atom is -0.324 e. The number of carbonyl (C=O) groups is 1. The van der Waals surface area contributed by atoms with Gasteiger partial charge in [-0.15, -0.1) is 0 Å². The van der Waals surface area contributed by atoms with Crippen molar-refractivity contribution in [3.63, 3.8) is 0 Å². The number of aromatic nitrogens is 2. The zero-order chi connectivity index (χ0) is 25.8. The van der Waals surface area contributed by atoms with Crippen molar-refractivity contribution < 1.29 is 13.2 Å². The first kappa shape index (κ1) is 26.3. The van der Waals surface area contributed by atoms with Gasteiger partial charge in [-0.3, -0.25) is 9.59 Å². The molecule has 0 bridgehead atoms. The molecule has 0 aliphatic rings. The van der Waals surface area contributed by atoms with E-state index in [2.05, 4.69) is 10.4 Å². The van der Waals surface area contributed by atoms with E-state index in [4.69, 9.17) is 0 Å². The highest BCUT2D eigenvalue weighted by atomic mass is 32.2. The van der Waals surface area contributed by atoms with Crippen LogP contribution in [0.1, 0.15) is 44.9 Å². The van der Waals surface area contributed by atoms with Crippen molar-refractivity contribution in [2.45, 2.75) is 52.0 Å². The maximum absolute atomic E-state index is 13.1. The lowest BCUT2D eigenvalue weighted by molar-refractivity contribution is -0.119. The highest BCUT2D eigenvalue weighted by Crippen LogP contribution is 2.26. The first-order chi connectivity index (χ1) is 16.6. The van der Waals surface area contributed by atoms with Gasteiger partial charge in [0.1, 0.15) is 6.04 Å². The number of sulfonamides is 1. The van der Waals surface area contributed by atoms with Crippen molar-refractivity contribution in [2.24, 2.45) is 0 Å². The Balaban J connectivity index is 1.98. The molecule has 2 aromatic carbocycles. The smallest absolute Gasteiger partial charge is 0.267 e.